The number of aliphatic hydroxyl groups excluding tert-OH is 1. The van der Waals surface area contributed by atoms with E-state index in [4.69, 9.17) is 9.84 Å². The summed E-state index contributed by atoms with van der Waals surface area (Å²) in [5.41, 5.74) is 0.102. The molecule has 1 aromatic rings. The van der Waals surface area contributed by atoms with Crippen LogP contribution in [0.1, 0.15) is 38.3 Å². The van der Waals surface area contributed by atoms with Gasteiger partial charge in [0.05, 0.1) is 17.1 Å². The lowest BCUT2D eigenvalue weighted by atomic mass is 10.1. The van der Waals surface area contributed by atoms with Crippen LogP contribution in [0, 0.1) is 22.0 Å². The fourth-order valence-electron chi connectivity index (χ4n) is 1.67. The van der Waals surface area contributed by atoms with Crippen LogP contribution in [0.25, 0.3) is 0 Å². The molecule has 124 valence electrons. The molecule has 0 fully saturated rings. The first kappa shape index (κ1) is 18.5. The number of carbonyl (C=O) groups excluding carboxylic acids is 1. The Morgan fingerprint density at radius 3 is 2.70 bits per heavy atom. The second-order valence-electron chi connectivity index (χ2n) is 5.74. The van der Waals surface area contributed by atoms with E-state index < -0.39 is 23.2 Å². The fraction of sp³-hybridized carbons (Fsp3) is 0.438. The smallest absolute Gasteiger partial charge is 0.407 e. The van der Waals surface area contributed by atoms with Crippen LogP contribution in [0.15, 0.2) is 18.2 Å². The van der Waals surface area contributed by atoms with Gasteiger partial charge in [0.25, 0.3) is 5.69 Å². The molecule has 2 N–H and O–H groups in total. The Morgan fingerprint density at radius 2 is 2.13 bits per heavy atom. The highest BCUT2D eigenvalue weighted by atomic mass is 16.6. The average Bonchev–Trinajstić information content (AvgIpc) is 2.44. The number of nitro benzene ring substituents is 1. The van der Waals surface area contributed by atoms with Gasteiger partial charge in [0.2, 0.25) is 0 Å². The number of alkyl carbamates (subject to hydrolysis) is 1. The molecule has 0 radical (unpaired) electrons. The third-order valence-electron chi connectivity index (χ3n) is 2.60. The lowest BCUT2D eigenvalue weighted by molar-refractivity contribution is -0.385. The summed E-state index contributed by atoms with van der Waals surface area (Å²) in [5.74, 6) is 5.68. The molecule has 0 aliphatic rings. The summed E-state index contributed by atoms with van der Waals surface area (Å²) in [6.07, 6.45) is -0.0952. The van der Waals surface area contributed by atoms with Gasteiger partial charge in [-0.3, -0.25) is 10.1 Å². The van der Waals surface area contributed by atoms with Crippen LogP contribution in [0.2, 0.25) is 0 Å². The van der Waals surface area contributed by atoms with E-state index in [0.717, 1.165) is 0 Å². The van der Waals surface area contributed by atoms with E-state index in [0.29, 0.717) is 18.5 Å². The molecule has 7 heteroatoms. The lowest BCUT2D eigenvalue weighted by Gasteiger charge is -2.19. The number of benzene rings is 1. The van der Waals surface area contributed by atoms with Gasteiger partial charge in [-0.2, -0.15) is 0 Å². The number of aliphatic hydroxyl groups is 1. The quantitative estimate of drug-likeness (QED) is 0.384. The Hall–Kier alpha value is -2.59. The highest BCUT2D eigenvalue weighted by Crippen LogP contribution is 2.19. The van der Waals surface area contributed by atoms with Crippen LogP contribution in [0.3, 0.4) is 0 Å². The molecule has 7 nitrogen and oxygen atoms in total. The number of hydrogen-bond acceptors (Lipinski definition) is 5. The molecule has 1 aromatic carbocycles. The molecular weight excluding hydrogens is 300 g/mol. The summed E-state index contributed by atoms with van der Waals surface area (Å²) in [7, 11) is 0. The van der Waals surface area contributed by atoms with Crippen molar-refractivity contribution in [2.75, 3.05) is 6.54 Å². The van der Waals surface area contributed by atoms with E-state index in [1.54, 1.807) is 20.8 Å². The average molecular weight is 320 g/mol. The molecule has 0 saturated carbocycles. The normalized spacial score (nSPS) is 10.4. The number of nitrogens with one attached hydrogen (secondary N) is 1. The van der Waals surface area contributed by atoms with E-state index in [9.17, 15) is 14.9 Å². The second-order valence-corrected chi connectivity index (χ2v) is 5.74. The van der Waals surface area contributed by atoms with Crippen LogP contribution in [-0.2, 0) is 11.3 Å². The molecule has 23 heavy (non-hydrogen) atoms. The van der Waals surface area contributed by atoms with E-state index in [2.05, 4.69) is 17.2 Å². The SMILES string of the molecule is CC(C)(C)OC(=O)NCCC#Cc1ccc([N+](=O)[O-])c(CO)c1. The van der Waals surface area contributed by atoms with E-state index in [1.165, 1.54) is 18.2 Å². The Morgan fingerprint density at radius 1 is 1.43 bits per heavy atom. The van der Waals surface area contributed by atoms with Crippen molar-refractivity contribution in [3.05, 3.63) is 39.4 Å². The largest absolute Gasteiger partial charge is 0.444 e. The molecule has 0 bridgehead atoms. The van der Waals surface area contributed by atoms with Crippen molar-refractivity contribution in [1.82, 2.24) is 5.32 Å². The fourth-order valence-corrected chi connectivity index (χ4v) is 1.67. The maximum absolute atomic E-state index is 11.4. The molecule has 0 aliphatic carbocycles. The van der Waals surface area contributed by atoms with Crippen LogP contribution in [-0.4, -0.2) is 28.3 Å². The van der Waals surface area contributed by atoms with Crippen molar-refractivity contribution in [1.29, 1.82) is 0 Å². The number of amides is 1. The van der Waals surface area contributed by atoms with Crippen LogP contribution in [0.5, 0.6) is 0 Å². The summed E-state index contributed by atoms with van der Waals surface area (Å²) < 4.78 is 5.08. The Balaban J connectivity index is 2.54. The zero-order valence-electron chi connectivity index (χ0n) is 13.4. The highest BCUT2D eigenvalue weighted by molar-refractivity contribution is 5.67. The maximum atomic E-state index is 11.4. The molecule has 1 rings (SSSR count). The van der Waals surface area contributed by atoms with Gasteiger partial charge >= 0.3 is 6.09 Å². The van der Waals surface area contributed by atoms with Crippen molar-refractivity contribution in [2.45, 2.75) is 39.4 Å². The first-order valence-corrected chi connectivity index (χ1v) is 7.07. The molecule has 0 heterocycles. The predicted molar refractivity (Wildman–Crippen MR) is 84.8 cm³/mol. The number of nitrogens with zero attached hydrogens (tertiary/aromatic N) is 1. The maximum Gasteiger partial charge on any atom is 0.407 e. The number of ether oxygens (including phenoxy) is 1. The van der Waals surface area contributed by atoms with Gasteiger partial charge in [0.15, 0.2) is 0 Å². The molecule has 1 amide bonds. The zero-order chi connectivity index (χ0) is 17.5. The summed E-state index contributed by atoms with van der Waals surface area (Å²) in [4.78, 5) is 21.6. The van der Waals surface area contributed by atoms with E-state index >= 15 is 0 Å². The van der Waals surface area contributed by atoms with Crippen molar-refractivity contribution >= 4 is 11.8 Å². The van der Waals surface area contributed by atoms with Gasteiger partial charge in [-0.25, -0.2) is 4.79 Å². The number of nitro groups is 1. The summed E-state index contributed by atoms with van der Waals surface area (Å²) in [5, 5.41) is 22.5. The second kappa shape index (κ2) is 8.15. The van der Waals surface area contributed by atoms with Gasteiger partial charge in [-0.05, 0) is 32.9 Å². The van der Waals surface area contributed by atoms with Gasteiger partial charge < -0.3 is 15.2 Å². The van der Waals surface area contributed by atoms with Gasteiger partial charge in [-0.1, -0.05) is 11.8 Å². The minimum absolute atomic E-state index is 0.135. The predicted octanol–water partition coefficient (Wildman–Crippen LogP) is 2.35. The van der Waals surface area contributed by atoms with E-state index in [-0.39, 0.29) is 11.3 Å². The third kappa shape index (κ3) is 6.80. The van der Waals surface area contributed by atoms with Crippen molar-refractivity contribution in [3.8, 4) is 11.8 Å². The van der Waals surface area contributed by atoms with Crippen LogP contribution in [0.4, 0.5) is 10.5 Å². The summed E-state index contributed by atoms with van der Waals surface area (Å²) >= 11 is 0. The molecule has 0 aromatic heterocycles. The summed E-state index contributed by atoms with van der Waals surface area (Å²) in [6, 6.07) is 4.31. The Kier molecular flexibility index (Phi) is 6.54. The van der Waals surface area contributed by atoms with Crippen molar-refractivity contribution < 1.29 is 19.6 Å². The first-order chi connectivity index (χ1) is 10.7. The standard InChI is InChI=1S/C16H20N2O5/c1-16(2,3)23-15(20)17-9-5-4-6-12-7-8-14(18(21)22)13(10-12)11-19/h7-8,10,19H,5,9,11H2,1-3H3,(H,17,20). The minimum Gasteiger partial charge on any atom is -0.444 e. The Labute approximate surface area is 134 Å². The molecule has 0 aliphatic heterocycles. The van der Waals surface area contributed by atoms with E-state index in [1.807, 2.05) is 0 Å². The van der Waals surface area contributed by atoms with Gasteiger partial charge in [0, 0.05) is 24.6 Å². The molecule has 0 atom stereocenters. The van der Waals surface area contributed by atoms with Gasteiger partial charge in [0.1, 0.15) is 5.60 Å². The van der Waals surface area contributed by atoms with Crippen molar-refractivity contribution in [3.63, 3.8) is 0 Å². The van der Waals surface area contributed by atoms with Crippen LogP contribution >= 0.6 is 0 Å². The number of carbonyl (C=O) groups is 1. The molecular formula is C16H20N2O5. The molecule has 0 spiro atoms. The third-order valence-corrected chi connectivity index (χ3v) is 2.60. The molecule has 0 unspecified atom stereocenters. The first-order valence-electron chi connectivity index (χ1n) is 7.07. The molecule has 0 saturated heterocycles. The van der Waals surface area contributed by atoms with Gasteiger partial charge in [-0.15, -0.1) is 0 Å². The highest BCUT2D eigenvalue weighted by Gasteiger charge is 2.15. The Bertz CT molecular complexity index is 638. The van der Waals surface area contributed by atoms with Crippen molar-refractivity contribution in [2.24, 2.45) is 0 Å². The summed E-state index contributed by atoms with van der Waals surface area (Å²) in [6.45, 7) is 5.24. The van der Waals surface area contributed by atoms with Crippen LogP contribution < -0.4 is 5.32 Å². The zero-order valence-corrected chi connectivity index (χ0v) is 13.4. The minimum atomic E-state index is -0.548. The topological polar surface area (TPSA) is 102 Å². The monoisotopic (exact) mass is 320 g/mol. The lowest BCUT2D eigenvalue weighted by Crippen LogP contribution is -2.32. The number of hydrogen-bond donors (Lipinski definition) is 2. The number of rotatable bonds is 4.